The zero-order valence-corrected chi connectivity index (χ0v) is 8.47. The highest BCUT2D eigenvalue weighted by molar-refractivity contribution is 5.66. The Hall–Kier alpha value is -0.570. The molecule has 76 valence electrons. The lowest BCUT2D eigenvalue weighted by atomic mass is 9.99. The third kappa shape index (κ3) is 3.77. The van der Waals surface area contributed by atoms with Gasteiger partial charge < -0.3 is 10.4 Å². The lowest BCUT2D eigenvalue weighted by Crippen LogP contribution is -2.41. The van der Waals surface area contributed by atoms with Crippen LogP contribution in [0.15, 0.2) is 0 Å². The van der Waals surface area contributed by atoms with Crippen molar-refractivity contribution in [3.63, 3.8) is 0 Å². The molecule has 1 rings (SSSR count). The molecule has 0 aliphatic heterocycles. The van der Waals surface area contributed by atoms with Crippen LogP contribution in [0, 0.1) is 5.92 Å². The lowest BCUT2D eigenvalue weighted by Gasteiger charge is -2.26. The van der Waals surface area contributed by atoms with Gasteiger partial charge in [-0.05, 0) is 45.6 Å². The van der Waals surface area contributed by atoms with Gasteiger partial charge in [-0.2, -0.15) is 0 Å². The van der Waals surface area contributed by atoms with Crippen LogP contribution in [0.2, 0.25) is 0 Å². The largest absolute Gasteiger partial charge is 0.481 e. The zero-order chi connectivity index (χ0) is 9.90. The van der Waals surface area contributed by atoms with E-state index in [1.54, 1.807) is 0 Å². The smallest absolute Gasteiger partial charge is 0.303 e. The maximum atomic E-state index is 10.2. The fourth-order valence-electron chi connectivity index (χ4n) is 1.60. The van der Waals surface area contributed by atoms with Crippen molar-refractivity contribution in [3.05, 3.63) is 0 Å². The summed E-state index contributed by atoms with van der Waals surface area (Å²) in [6.07, 6.45) is 3.64. The van der Waals surface area contributed by atoms with Gasteiger partial charge in [-0.15, -0.1) is 0 Å². The van der Waals surface area contributed by atoms with Crippen molar-refractivity contribution in [2.24, 2.45) is 5.92 Å². The molecule has 1 fully saturated rings. The van der Waals surface area contributed by atoms with Gasteiger partial charge in [0.1, 0.15) is 0 Å². The summed E-state index contributed by atoms with van der Waals surface area (Å²) in [5, 5.41) is 11.8. The van der Waals surface area contributed by atoms with Gasteiger partial charge in [0.15, 0.2) is 0 Å². The third-order valence-corrected chi connectivity index (χ3v) is 2.75. The highest BCUT2D eigenvalue weighted by Gasteiger charge is 2.36. The van der Waals surface area contributed by atoms with Crippen LogP contribution < -0.4 is 5.32 Å². The van der Waals surface area contributed by atoms with E-state index in [1.165, 1.54) is 12.8 Å². The van der Waals surface area contributed by atoms with E-state index in [4.69, 9.17) is 5.11 Å². The Morgan fingerprint density at radius 1 is 1.54 bits per heavy atom. The Balaban J connectivity index is 2.07. The quantitative estimate of drug-likeness (QED) is 0.618. The Kier molecular flexibility index (Phi) is 3.31. The highest BCUT2D eigenvalue weighted by Crippen LogP contribution is 2.39. The van der Waals surface area contributed by atoms with Crippen molar-refractivity contribution in [2.45, 2.75) is 45.1 Å². The van der Waals surface area contributed by atoms with Crippen LogP contribution in [0.1, 0.15) is 39.5 Å². The Bertz CT molecular complexity index is 185. The molecule has 0 aromatic rings. The fourth-order valence-corrected chi connectivity index (χ4v) is 1.60. The third-order valence-electron chi connectivity index (χ3n) is 2.75. The van der Waals surface area contributed by atoms with Gasteiger partial charge >= 0.3 is 5.97 Å². The van der Waals surface area contributed by atoms with Crippen LogP contribution in [0.25, 0.3) is 0 Å². The van der Waals surface area contributed by atoms with Gasteiger partial charge in [-0.1, -0.05) is 0 Å². The summed E-state index contributed by atoms with van der Waals surface area (Å²) in [5.74, 6) is 0.100. The average Bonchev–Trinajstić information content (AvgIpc) is 2.79. The summed E-state index contributed by atoms with van der Waals surface area (Å²) in [6.45, 7) is 5.21. The van der Waals surface area contributed by atoms with E-state index in [0.717, 1.165) is 18.9 Å². The summed E-state index contributed by atoms with van der Waals surface area (Å²) in [5.41, 5.74) is 0.207. The van der Waals surface area contributed by atoms with Gasteiger partial charge in [-0.3, -0.25) is 4.79 Å². The number of carboxylic acid groups (broad SMARTS) is 1. The minimum atomic E-state index is -0.703. The number of hydrogen-bond acceptors (Lipinski definition) is 2. The predicted octanol–water partition coefficient (Wildman–Crippen LogP) is 1.63. The second-order valence-corrected chi connectivity index (χ2v) is 4.42. The molecule has 0 atom stereocenters. The molecule has 1 saturated carbocycles. The zero-order valence-electron chi connectivity index (χ0n) is 8.47. The number of carbonyl (C=O) groups is 1. The van der Waals surface area contributed by atoms with Crippen LogP contribution in [0.3, 0.4) is 0 Å². The molecule has 1 aliphatic carbocycles. The lowest BCUT2D eigenvalue weighted by molar-refractivity contribution is -0.137. The normalized spacial score (nSPS) is 17.4. The molecule has 13 heavy (non-hydrogen) atoms. The van der Waals surface area contributed by atoms with Crippen LogP contribution in [0.4, 0.5) is 0 Å². The summed E-state index contributed by atoms with van der Waals surface area (Å²) < 4.78 is 0. The topological polar surface area (TPSA) is 49.3 Å². The van der Waals surface area contributed by atoms with Crippen LogP contribution in [-0.4, -0.2) is 23.2 Å². The van der Waals surface area contributed by atoms with E-state index >= 15 is 0 Å². The molecule has 3 heteroatoms. The van der Waals surface area contributed by atoms with Crippen molar-refractivity contribution in [1.82, 2.24) is 5.32 Å². The Morgan fingerprint density at radius 3 is 2.62 bits per heavy atom. The predicted molar refractivity (Wildman–Crippen MR) is 51.7 cm³/mol. The minimum absolute atomic E-state index is 0.207. The molecule has 1 aliphatic rings. The van der Waals surface area contributed by atoms with Gasteiger partial charge in [0.2, 0.25) is 0 Å². The van der Waals surface area contributed by atoms with Gasteiger partial charge in [0.25, 0.3) is 0 Å². The maximum absolute atomic E-state index is 10.2. The van der Waals surface area contributed by atoms with E-state index in [2.05, 4.69) is 19.2 Å². The monoisotopic (exact) mass is 185 g/mol. The van der Waals surface area contributed by atoms with E-state index in [0.29, 0.717) is 0 Å². The highest BCUT2D eigenvalue weighted by atomic mass is 16.4. The Labute approximate surface area is 79.5 Å². The van der Waals surface area contributed by atoms with Crippen LogP contribution in [0.5, 0.6) is 0 Å². The molecular formula is C10H19NO2. The molecule has 0 unspecified atom stereocenters. The summed E-state index contributed by atoms with van der Waals surface area (Å²) in [6, 6.07) is 0. The SMILES string of the molecule is CC(C)(NCCCC(=O)O)C1CC1. The molecule has 0 amide bonds. The first-order valence-electron chi connectivity index (χ1n) is 4.99. The molecule has 0 aromatic carbocycles. The van der Waals surface area contributed by atoms with Crippen molar-refractivity contribution in [3.8, 4) is 0 Å². The molecule has 0 spiro atoms. The first-order chi connectivity index (χ1) is 6.02. The van der Waals surface area contributed by atoms with Crippen LogP contribution in [-0.2, 0) is 4.79 Å². The van der Waals surface area contributed by atoms with Crippen molar-refractivity contribution in [1.29, 1.82) is 0 Å². The molecule has 0 bridgehead atoms. The molecule has 2 N–H and O–H groups in total. The number of hydrogen-bond donors (Lipinski definition) is 2. The minimum Gasteiger partial charge on any atom is -0.481 e. The first-order valence-corrected chi connectivity index (χ1v) is 4.99. The first kappa shape index (κ1) is 10.5. The second-order valence-electron chi connectivity index (χ2n) is 4.42. The average molecular weight is 185 g/mol. The van der Waals surface area contributed by atoms with E-state index in [9.17, 15) is 4.79 Å². The van der Waals surface area contributed by atoms with Crippen LogP contribution >= 0.6 is 0 Å². The van der Waals surface area contributed by atoms with Gasteiger partial charge in [0.05, 0.1) is 0 Å². The van der Waals surface area contributed by atoms with Gasteiger partial charge in [-0.25, -0.2) is 0 Å². The molecular weight excluding hydrogens is 166 g/mol. The maximum Gasteiger partial charge on any atom is 0.303 e. The van der Waals surface area contributed by atoms with Crippen molar-refractivity contribution in [2.75, 3.05) is 6.54 Å². The molecule has 0 aromatic heterocycles. The molecule has 0 heterocycles. The summed E-state index contributed by atoms with van der Waals surface area (Å²) in [4.78, 5) is 10.2. The van der Waals surface area contributed by atoms with E-state index in [1.807, 2.05) is 0 Å². The number of nitrogens with one attached hydrogen (secondary N) is 1. The number of rotatable bonds is 6. The molecule has 0 saturated heterocycles. The summed E-state index contributed by atoms with van der Waals surface area (Å²) >= 11 is 0. The van der Waals surface area contributed by atoms with E-state index in [-0.39, 0.29) is 12.0 Å². The Morgan fingerprint density at radius 2 is 2.15 bits per heavy atom. The van der Waals surface area contributed by atoms with Crippen molar-refractivity contribution >= 4 is 5.97 Å². The molecule has 0 radical (unpaired) electrons. The standard InChI is InChI=1S/C10H19NO2/c1-10(2,8-5-6-8)11-7-3-4-9(12)13/h8,11H,3-7H2,1-2H3,(H,12,13). The van der Waals surface area contributed by atoms with E-state index < -0.39 is 5.97 Å². The second kappa shape index (κ2) is 4.09. The number of aliphatic carboxylic acids is 1. The van der Waals surface area contributed by atoms with Gasteiger partial charge in [0, 0.05) is 12.0 Å². The fraction of sp³-hybridized carbons (Fsp3) is 0.900. The number of carboxylic acids is 1. The molecule has 3 nitrogen and oxygen atoms in total. The van der Waals surface area contributed by atoms with Crippen molar-refractivity contribution < 1.29 is 9.90 Å². The summed E-state index contributed by atoms with van der Waals surface area (Å²) in [7, 11) is 0.